The molecule has 0 radical (unpaired) electrons. The van der Waals surface area contributed by atoms with Crippen LogP contribution in [0.4, 0.5) is 4.39 Å². The first-order valence-corrected chi connectivity index (χ1v) is 6.79. The highest BCUT2D eigenvalue weighted by Crippen LogP contribution is 2.22. The highest BCUT2D eigenvalue weighted by Gasteiger charge is 2.27. The van der Waals surface area contributed by atoms with E-state index in [1.165, 1.54) is 18.9 Å². The van der Waals surface area contributed by atoms with Crippen LogP contribution in [0.3, 0.4) is 0 Å². The molecule has 0 aliphatic heterocycles. The first-order chi connectivity index (χ1) is 8.46. The van der Waals surface area contributed by atoms with Gasteiger partial charge in [-0.1, -0.05) is 0 Å². The molecule has 1 atom stereocenters. The average Bonchev–Trinajstić information content (AvgIpc) is 3.12. The van der Waals surface area contributed by atoms with E-state index >= 15 is 0 Å². The molecule has 2 rings (SSSR count). The summed E-state index contributed by atoms with van der Waals surface area (Å²) in [6, 6.07) is 5.09. The van der Waals surface area contributed by atoms with Gasteiger partial charge in [-0.3, -0.25) is 0 Å². The van der Waals surface area contributed by atoms with Gasteiger partial charge in [0.05, 0.1) is 4.47 Å². The number of halogens is 2. The summed E-state index contributed by atoms with van der Waals surface area (Å²) >= 11 is 3.08. The van der Waals surface area contributed by atoms with Crippen molar-refractivity contribution in [1.82, 2.24) is 5.32 Å². The van der Waals surface area contributed by atoms with E-state index in [-0.39, 0.29) is 12.4 Å². The molecule has 0 aromatic heterocycles. The SMILES string of the molecule is CC(O)(CNC1CC1)COc1ccc(Br)c(F)c1. The van der Waals surface area contributed by atoms with Gasteiger partial charge in [-0.15, -0.1) is 0 Å². The monoisotopic (exact) mass is 317 g/mol. The van der Waals surface area contributed by atoms with Crippen molar-refractivity contribution in [1.29, 1.82) is 0 Å². The van der Waals surface area contributed by atoms with E-state index in [1.54, 1.807) is 19.1 Å². The van der Waals surface area contributed by atoms with Crippen LogP contribution >= 0.6 is 15.9 Å². The largest absolute Gasteiger partial charge is 0.490 e. The van der Waals surface area contributed by atoms with Crippen molar-refractivity contribution in [2.24, 2.45) is 0 Å². The number of rotatable bonds is 6. The molecule has 1 fully saturated rings. The molecule has 0 amide bonds. The average molecular weight is 318 g/mol. The van der Waals surface area contributed by atoms with E-state index in [0.29, 0.717) is 22.8 Å². The number of nitrogens with one attached hydrogen (secondary N) is 1. The molecule has 1 saturated carbocycles. The predicted octanol–water partition coefficient (Wildman–Crippen LogP) is 2.47. The molecule has 1 unspecified atom stereocenters. The molecule has 1 aromatic carbocycles. The molecule has 0 spiro atoms. The Morgan fingerprint density at radius 3 is 2.89 bits per heavy atom. The van der Waals surface area contributed by atoms with E-state index in [0.717, 1.165) is 0 Å². The van der Waals surface area contributed by atoms with Crippen LogP contribution in [0.15, 0.2) is 22.7 Å². The second-order valence-corrected chi connectivity index (χ2v) is 5.87. The van der Waals surface area contributed by atoms with Gasteiger partial charge in [0.25, 0.3) is 0 Å². The number of benzene rings is 1. The Balaban J connectivity index is 1.82. The highest BCUT2D eigenvalue weighted by atomic mass is 79.9. The molecule has 100 valence electrons. The van der Waals surface area contributed by atoms with Crippen LogP contribution in [-0.2, 0) is 0 Å². The molecule has 1 aliphatic rings. The molecule has 0 saturated heterocycles. The molecule has 0 heterocycles. The Hall–Kier alpha value is -0.650. The maximum Gasteiger partial charge on any atom is 0.141 e. The summed E-state index contributed by atoms with van der Waals surface area (Å²) in [6.45, 7) is 2.32. The third-order valence-corrected chi connectivity index (χ3v) is 3.43. The molecule has 5 heteroatoms. The Morgan fingerprint density at radius 2 is 2.28 bits per heavy atom. The minimum atomic E-state index is -0.952. The van der Waals surface area contributed by atoms with Crippen molar-refractivity contribution in [2.75, 3.05) is 13.2 Å². The second-order valence-electron chi connectivity index (χ2n) is 5.02. The number of ether oxygens (including phenoxy) is 1. The third kappa shape index (κ3) is 4.23. The van der Waals surface area contributed by atoms with Crippen LogP contribution in [-0.4, -0.2) is 29.9 Å². The lowest BCUT2D eigenvalue weighted by atomic mass is 10.1. The van der Waals surface area contributed by atoms with Gasteiger partial charge in [0, 0.05) is 18.7 Å². The van der Waals surface area contributed by atoms with E-state index in [4.69, 9.17) is 4.74 Å². The fourth-order valence-electron chi connectivity index (χ4n) is 1.51. The molecule has 1 aromatic rings. The van der Waals surface area contributed by atoms with Crippen molar-refractivity contribution >= 4 is 15.9 Å². The predicted molar refractivity (Wildman–Crippen MR) is 71.2 cm³/mol. The maximum atomic E-state index is 13.3. The van der Waals surface area contributed by atoms with Crippen molar-refractivity contribution < 1.29 is 14.2 Å². The Bertz CT molecular complexity index is 421. The van der Waals surface area contributed by atoms with Gasteiger partial charge in [0.15, 0.2) is 0 Å². The van der Waals surface area contributed by atoms with Crippen molar-refractivity contribution in [3.05, 3.63) is 28.5 Å². The van der Waals surface area contributed by atoms with Gasteiger partial charge >= 0.3 is 0 Å². The lowest BCUT2D eigenvalue weighted by Crippen LogP contribution is -2.43. The normalized spacial score (nSPS) is 18.4. The number of hydrogen-bond donors (Lipinski definition) is 2. The summed E-state index contributed by atoms with van der Waals surface area (Å²) in [7, 11) is 0. The van der Waals surface area contributed by atoms with Crippen molar-refractivity contribution in [3.63, 3.8) is 0 Å². The molecular weight excluding hydrogens is 301 g/mol. The van der Waals surface area contributed by atoms with Gasteiger partial charge < -0.3 is 15.2 Å². The fourth-order valence-corrected chi connectivity index (χ4v) is 1.75. The van der Waals surface area contributed by atoms with Crippen LogP contribution in [0.1, 0.15) is 19.8 Å². The summed E-state index contributed by atoms with van der Waals surface area (Å²) in [5.41, 5.74) is -0.952. The zero-order valence-electron chi connectivity index (χ0n) is 10.2. The first-order valence-electron chi connectivity index (χ1n) is 6.00. The second kappa shape index (κ2) is 5.55. The maximum absolute atomic E-state index is 13.3. The van der Waals surface area contributed by atoms with Crippen LogP contribution in [0.25, 0.3) is 0 Å². The summed E-state index contributed by atoms with van der Waals surface area (Å²) < 4.78 is 19.1. The van der Waals surface area contributed by atoms with Crippen LogP contribution in [0, 0.1) is 5.82 Å². The van der Waals surface area contributed by atoms with Crippen molar-refractivity contribution in [2.45, 2.75) is 31.4 Å². The van der Waals surface area contributed by atoms with Crippen LogP contribution < -0.4 is 10.1 Å². The molecule has 2 N–H and O–H groups in total. The fraction of sp³-hybridized carbons (Fsp3) is 0.538. The van der Waals surface area contributed by atoms with E-state index in [9.17, 15) is 9.50 Å². The van der Waals surface area contributed by atoms with Crippen LogP contribution in [0.2, 0.25) is 0 Å². The minimum Gasteiger partial charge on any atom is -0.490 e. The van der Waals surface area contributed by atoms with E-state index in [1.807, 2.05) is 0 Å². The highest BCUT2D eigenvalue weighted by molar-refractivity contribution is 9.10. The van der Waals surface area contributed by atoms with Gasteiger partial charge in [0.2, 0.25) is 0 Å². The summed E-state index contributed by atoms with van der Waals surface area (Å²) in [6.07, 6.45) is 2.35. The molecule has 0 bridgehead atoms. The van der Waals surface area contributed by atoms with Crippen LogP contribution in [0.5, 0.6) is 5.75 Å². The zero-order chi connectivity index (χ0) is 13.2. The lowest BCUT2D eigenvalue weighted by Gasteiger charge is -2.24. The van der Waals surface area contributed by atoms with Gasteiger partial charge in [-0.2, -0.15) is 0 Å². The first kappa shape index (κ1) is 13.8. The van der Waals surface area contributed by atoms with Crippen molar-refractivity contribution in [3.8, 4) is 5.75 Å². The Morgan fingerprint density at radius 1 is 1.56 bits per heavy atom. The number of hydrogen-bond acceptors (Lipinski definition) is 3. The Kier molecular flexibility index (Phi) is 4.25. The third-order valence-electron chi connectivity index (χ3n) is 2.79. The molecule has 18 heavy (non-hydrogen) atoms. The molecule has 3 nitrogen and oxygen atoms in total. The molecule has 1 aliphatic carbocycles. The van der Waals surface area contributed by atoms with E-state index in [2.05, 4.69) is 21.2 Å². The number of aliphatic hydroxyl groups is 1. The van der Waals surface area contributed by atoms with Gasteiger partial charge in [-0.25, -0.2) is 4.39 Å². The minimum absolute atomic E-state index is 0.133. The quantitative estimate of drug-likeness (QED) is 0.847. The topological polar surface area (TPSA) is 41.5 Å². The molecular formula is C13H17BrFNO2. The smallest absolute Gasteiger partial charge is 0.141 e. The van der Waals surface area contributed by atoms with Gasteiger partial charge in [-0.05, 0) is 47.8 Å². The summed E-state index contributed by atoms with van der Waals surface area (Å²) in [4.78, 5) is 0. The summed E-state index contributed by atoms with van der Waals surface area (Å²) in [5.74, 6) is 0.0469. The standard InChI is InChI=1S/C13H17BrFNO2/c1-13(17,7-16-9-2-3-9)8-18-10-4-5-11(14)12(15)6-10/h4-6,9,16-17H,2-3,7-8H2,1H3. The zero-order valence-corrected chi connectivity index (χ0v) is 11.8. The van der Waals surface area contributed by atoms with Gasteiger partial charge in [0.1, 0.15) is 23.8 Å². The Labute approximate surface area is 114 Å². The van der Waals surface area contributed by atoms with E-state index < -0.39 is 5.60 Å². The summed E-state index contributed by atoms with van der Waals surface area (Å²) in [5, 5.41) is 13.3. The lowest BCUT2D eigenvalue weighted by molar-refractivity contribution is 0.0119.